The van der Waals surface area contributed by atoms with Gasteiger partial charge in [-0.25, -0.2) is 4.98 Å². The maximum atomic E-state index is 7.52. The summed E-state index contributed by atoms with van der Waals surface area (Å²) in [5, 5.41) is 7.52. The fourth-order valence-corrected chi connectivity index (χ4v) is 1.62. The molecule has 0 atom stereocenters. The highest BCUT2D eigenvalue weighted by atomic mass is 35.5. The third-order valence-electron chi connectivity index (χ3n) is 2.41. The standard InChI is InChI=1S/C11H15N3O.2ClH/c12-11-4-2-1-3-10(13-11)9-14-5-7-15-8-6-14;;/h1-4,12H,5-9H2;2*1H/p+1. The summed E-state index contributed by atoms with van der Waals surface area (Å²) in [7, 11) is 0. The minimum Gasteiger partial charge on any atom is -0.379 e. The van der Waals surface area contributed by atoms with Gasteiger partial charge in [0.05, 0.1) is 18.9 Å². The third-order valence-corrected chi connectivity index (χ3v) is 2.41. The number of hydrogen-bond acceptors (Lipinski definition) is 4. The van der Waals surface area contributed by atoms with E-state index in [0.29, 0.717) is 5.49 Å². The molecule has 1 aliphatic rings. The van der Waals surface area contributed by atoms with Crippen molar-refractivity contribution < 1.29 is 6.16 Å². The van der Waals surface area contributed by atoms with Crippen molar-refractivity contribution in [2.45, 2.75) is 6.54 Å². The Morgan fingerprint density at radius 1 is 1.24 bits per heavy atom. The summed E-state index contributed by atoms with van der Waals surface area (Å²) < 4.78 is 5.28. The molecule has 2 rings (SSSR count). The molecule has 0 aliphatic carbocycles. The smallest absolute Gasteiger partial charge is 0.379 e. The second kappa shape index (κ2) is 8.42. The van der Waals surface area contributed by atoms with Crippen LogP contribution in [0.25, 0.3) is 0 Å². The molecule has 2 heterocycles. The van der Waals surface area contributed by atoms with Crippen LogP contribution in [0.15, 0.2) is 24.3 Å². The first-order valence-electron chi connectivity index (χ1n) is 5.15. The van der Waals surface area contributed by atoms with Gasteiger partial charge < -0.3 is 4.74 Å². The molecule has 0 bridgehead atoms. The van der Waals surface area contributed by atoms with Crippen LogP contribution in [0.3, 0.4) is 0 Å². The number of rotatable bonds is 2. The second-order valence-electron chi connectivity index (χ2n) is 3.60. The van der Waals surface area contributed by atoms with Crippen LogP contribution in [-0.4, -0.2) is 36.2 Å². The summed E-state index contributed by atoms with van der Waals surface area (Å²) in [5.74, 6) is 0. The van der Waals surface area contributed by atoms with Gasteiger partial charge >= 0.3 is 1.43 Å². The number of halogens is 2. The maximum absolute atomic E-state index is 7.52. The van der Waals surface area contributed by atoms with Crippen molar-refractivity contribution >= 4 is 24.8 Å². The molecule has 0 radical (unpaired) electrons. The van der Waals surface area contributed by atoms with E-state index >= 15 is 0 Å². The van der Waals surface area contributed by atoms with Crippen molar-refractivity contribution in [2.75, 3.05) is 26.3 Å². The molecular weight excluding hydrogens is 261 g/mol. The molecule has 0 spiro atoms. The van der Waals surface area contributed by atoms with Crippen LogP contribution >= 0.6 is 24.8 Å². The highest BCUT2D eigenvalue weighted by Crippen LogP contribution is 2.02. The van der Waals surface area contributed by atoms with Crippen LogP contribution in [0.4, 0.5) is 0 Å². The van der Waals surface area contributed by atoms with Crippen LogP contribution in [0.1, 0.15) is 7.12 Å². The molecule has 0 aromatic carbocycles. The molecule has 0 unspecified atom stereocenters. The SMILES string of the molecule is Cl.Cl.N=c1ccccc(CN2CCOCC2)n1.[H+]. The van der Waals surface area contributed by atoms with E-state index in [4.69, 9.17) is 10.1 Å². The van der Waals surface area contributed by atoms with Crippen molar-refractivity contribution in [3.8, 4) is 0 Å². The second-order valence-corrected chi connectivity index (χ2v) is 3.60. The Morgan fingerprint density at radius 3 is 2.59 bits per heavy atom. The first kappa shape index (κ1) is 16.3. The van der Waals surface area contributed by atoms with Gasteiger partial charge in [0.25, 0.3) is 0 Å². The van der Waals surface area contributed by atoms with Crippen LogP contribution in [0, 0.1) is 5.41 Å². The monoisotopic (exact) mass is 278 g/mol. The molecule has 1 aromatic rings. The number of hydrogen-bond donors (Lipinski definition) is 1. The van der Waals surface area contributed by atoms with E-state index in [0.717, 1.165) is 38.5 Å². The first-order valence-corrected chi connectivity index (χ1v) is 5.15. The van der Waals surface area contributed by atoms with Gasteiger partial charge in [-0.05, 0) is 12.1 Å². The largest absolute Gasteiger partial charge is 1.00 e. The van der Waals surface area contributed by atoms with Gasteiger partial charge in [0.1, 0.15) is 5.49 Å². The van der Waals surface area contributed by atoms with Gasteiger partial charge in [-0.2, -0.15) is 0 Å². The Labute approximate surface area is 115 Å². The topological polar surface area (TPSA) is 49.2 Å². The van der Waals surface area contributed by atoms with E-state index < -0.39 is 0 Å². The minimum atomic E-state index is 0. The van der Waals surface area contributed by atoms with E-state index in [1.807, 2.05) is 18.2 Å². The molecule has 1 aromatic heterocycles. The highest BCUT2D eigenvalue weighted by Gasteiger charge is 2.10. The maximum Gasteiger partial charge on any atom is 1.00 e. The zero-order chi connectivity index (χ0) is 10.5. The van der Waals surface area contributed by atoms with E-state index in [-0.39, 0.29) is 26.2 Å². The molecule has 96 valence electrons. The van der Waals surface area contributed by atoms with Crippen LogP contribution in [0.2, 0.25) is 0 Å². The summed E-state index contributed by atoms with van der Waals surface area (Å²) in [6.07, 6.45) is 0. The van der Waals surface area contributed by atoms with E-state index in [1.165, 1.54) is 0 Å². The molecule has 1 aliphatic heterocycles. The first-order chi connectivity index (χ1) is 7.34. The molecule has 17 heavy (non-hydrogen) atoms. The lowest BCUT2D eigenvalue weighted by molar-refractivity contribution is 0.0336. The zero-order valence-corrected chi connectivity index (χ0v) is 11.1. The fraction of sp³-hybridized carbons (Fsp3) is 0.455. The average Bonchev–Trinajstić information content (AvgIpc) is 2.44. The number of ether oxygens (including phenoxy) is 1. The summed E-state index contributed by atoms with van der Waals surface area (Å²) in [6.45, 7) is 4.31. The predicted molar refractivity (Wildman–Crippen MR) is 71.8 cm³/mol. The fourth-order valence-electron chi connectivity index (χ4n) is 1.62. The molecular formula is C11H18Cl2N3O+. The number of nitrogens with one attached hydrogen (secondary N) is 1. The van der Waals surface area contributed by atoms with Crippen molar-refractivity contribution in [2.24, 2.45) is 0 Å². The van der Waals surface area contributed by atoms with E-state index in [1.54, 1.807) is 6.07 Å². The number of aromatic nitrogens is 1. The molecule has 0 saturated carbocycles. The van der Waals surface area contributed by atoms with Gasteiger partial charge in [-0.1, -0.05) is 12.1 Å². The number of morpholine rings is 1. The normalized spacial score (nSPS) is 15.5. The number of nitrogens with zero attached hydrogens (tertiary/aromatic N) is 2. The Kier molecular flexibility index (Phi) is 8.08. The van der Waals surface area contributed by atoms with Crippen molar-refractivity contribution in [3.63, 3.8) is 0 Å². The lowest BCUT2D eigenvalue weighted by atomic mass is 10.3. The van der Waals surface area contributed by atoms with E-state index in [9.17, 15) is 0 Å². The Bertz CT molecular complexity index is 389. The van der Waals surface area contributed by atoms with Gasteiger partial charge in [0, 0.05) is 19.6 Å². The molecule has 0 amide bonds. The van der Waals surface area contributed by atoms with Crippen LogP contribution in [0.5, 0.6) is 0 Å². The lowest BCUT2D eigenvalue weighted by Crippen LogP contribution is -2.36. The van der Waals surface area contributed by atoms with Crippen molar-refractivity contribution in [1.29, 1.82) is 5.41 Å². The van der Waals surface area contributed by atoms with Crippen molar-refractivity contribution in [1.82, 2.24) is 9.88 Å². The van der Waals surface area contributed by atoms with Gasteiger partial charge in [-0.15, -0.1) is 24.8 Å². The molecule has 6 heteroatoms. The van der Waals surface area contributed by atoms with Crippen LogP contribution < -0.4 is 5.49 Å². The highest BCUT2D eigenvalue weighted by molar-refractivity contribution is 5.85. The quantitative estimate of drug-likeness (QED) is 0.889. The molecule has 4 nitrogen and oxygen atoms in total. The van der Waals surface area contributed by atoms with Gasteiger partial charge in [-0.3, -0.25) is 10.3 Å². The van der Waals surface area contributed by atoms with Crippen LogP contribution in [-0.2, 0) is 11.3 Å². The average molecular weight is 279 g/mol. The molecule has 1 saturated heterocycles. The molecule has 1 fully saturated rings. The predicted octanol–water partition coefficient (Wildman–Crippen LogP) is 1.35. The minimum absolute atomic E-state index is 0. The third kappa shape index (κ3) is 5.46. The van der Waals surface area contributed by atoms with Gasteiger partial charge in [0.15, 0.2) is 0 Å². The zero-order valence-electron chi connectivity index (χ0n) is 10.5. The summed E-state index contributed by atoms with van der Waals surface area (Å²) >= 11 is 0. The Hall–Kier alpha value is -0.680. The summed E-state index contributed by atoms with van der Waals surface area (Å²) in [5.41, 5.74) is 1.27. The molecule has 1 N–H and O–H groups in total. The van der Waals surface area contributed by atoms with Crippen molar-refractivity contribution in [3.05, 3.63) is 35.4 Å². The Balaban J connectivity index is 0. The van der Waals surface area contributed by atoms with E-state index in [2.05, 4.69) is 9.88 Å². The Morgan fingerprint density at radius 2 is 1.88 bits per heavy atom. The summed E-state index contributed by atoms with van der Waals surface area (Å²) in [4.78, 5) is 6.51. The van der Waals surface area contributed by atoms with Gasteiger partial charge in [0.2, 0.25) is 0 Å². The summed E-state index contributed by atoms with van der Waals surface area (Å²) in [6, 6.07) is 7.44. The lowest BCUT2D eigenvalue weighted by Gasteiger charge is -2.25.